The van der Waals surface area contributed by atoms with E-state index in [0.717, 1.165) is 29.8 Å². The summed E-state index contributed by atoms with van der Waals surface area (Å²) in [4.78, 5) is 0. The highest BCUT2D eigenvalue weighted by Gasteiger charge is 2.29. The van der Waals surface area contributed by atoms with Crippen molar-refractivity contribution < 1.29 is 0 Å². The van der Waals surface area contributed by atoms with Crippen molar-refractivity contribution in [3.8, 4) is 11.3 Å². The Bertz CT molecular complexity index is 564. The van der Waals surface area contributed by atoms with E-state index in [0.29, 0.717) is 5.41 Å². The minimum absolute atomic E-state index is 0.374. The lowest BCUT2D eigenvalue weighted by molar-refractivity contribution is 0.314. The van der Waals surface area contributed by atoms with Crippen molar-refractivity contribution >= 4 is 5.69 Å². The Kier molecular flexibility index (Phi) is 2.44. The molecule has 3 heteroatoms. The molecule has 1 aromatic heterocycles. The lowest BCUT2D eigenvalue weighted by Crippen LogP contribution is -2.21. The number of hydrogen-bond donors (Lipinski definition) is 2. The summed E-state index contributed by atoms with van der Waals surface area (Å²) in [6.45, 7) is 4.66. The predicted molar refractivity (Wildman–Crippen MR) is 74.2 cm³/mol. The molecule has 0 saturated heterocycles. The zero-order valence-corrected chi connectivity index (χ0v) is 11.0. The van der Waals surface area contributed by atoms with Crippen molar-refractivity contribution in [1.82, 2.24) is 10.2 Å². The third kappa shape index (κ3) is 1.90. The standard InChI is InChI=1S/C15H19N3/c1-15(2)8-7-13-12(9-15)14(18-17-13)10-3-5-11(16)6-4-10/h3-6H,7-9,16H2,1-2H3,(H,17,18). The molecule has 0 saturated carbocycles. The highest BCUT2D eigenvalue weighted by Crippen LogP contribution is 2.38. The van der Waals surface area contributed by atoms with Crippen molar-refractivity contribution in [2.45, 2.75) is 33.1 Å². The van der Waals surface area contributed by atoms with Crippen LogP contribution in [0.5, 0.6) is 0 Å². The van der Waals surface area contributed by atoms with Crippen LogP contribution in [0.1, 0.15) is 31.5 Å². The van der Waals surface area contributed by atoms with E-state index >= 15 is 0 Å². The number of nitrogens with two attached hydrogens (primary N) is 1. The summed E-state index contributed by atoms with van der Waals surface area (Å²) in [7, 11) is 0. The SMILES string of the molecule is CC1(C)CCc2[nH]nc(-c3ccc(N)cc3)c2C1. The number of hydrogen-bond acceptors (Lipinski definition) is 2. The van der Waals surface area contributed by atoms with E-state index < -0.39 is 0 Å². The average Bonchev–Trinajstić information content (AvgIpc) is 2.71. The molecule has 0 aliphatic heterocycles. The van der Waals surface area contributed by atoms with Crippen LogP contribution in [0.25, 0.3) is 11.3 Å². The molecular formula is C15H19N3. The third-order valence-corrected chi connectivity index (χ3v) is 3.84. The summed E-state index contributed by atoms with van der Waals surface area (Å²) in [5.41, 5.74) is 11.8. The summed E-state index contributed by atoms with van der Waals surface area (Å²) in [6, 6.07) is 7.97. The number of nitrogen functional groups attached to an aromatic ring is 1. The van der Waals surface area contributed by atoms with Crippen LogP contribution < -0.4 is 5.73 Å². The first kappa shape index (κ1) is 11.3. The van der Waals surface area contributed by atoms with Gasteiger partial charge in [-0.2, -0.15) is 5.10 Å². The Morgan fingerprint density at radius 2 is 1.94 bits per heavy atom. The minimum Gasteiger partial charge on any atom is -0.399 e. The number of benzene rings is 1. The number of aryl methyl sites for hydroxylation is 1. The Hall–Kier alpha value is -1.77. The topological polar surface area (TPSA) is 54.7 Å². The summed E-state index contributed by atoms with van der Waals surface area (Å²) < 4.78 is 0. The van der Waals surface area contributed by atoms with E-state index in [1.165, 1.54) is 17.7 Å². The molecule has 0 atom stereocenters. The highest BCUT2D eigenvalue weighted by atomic mass is 15.1. The molecule has 3 rings (SSSR count). The molecule has 0 spiro atoms. The van der Waals surface area contributed by atoms with Gasteiger partial charge in [0.15, 0.2) is 0 Å². The van der Waals surface area contributed by atoms with Crippen molar-refractivity contribution in [2.75, 3.05) is 5.73 Å². The van der Waals surface area contributed by atoms with Crippen LogP contribution in [0.4, 0.5) is 5.69 Å². The fraction of sp³-hybridized carbons (Fsp3) is 0.400. The second-order valence-electron chi connectivity index (χ2n) is 5.99. The molecule has 1 aliphatic rings. The van der Waals surface area contributed by atoms with Gasteiger partial charge in [-0.1, -0.05) is 26.0 Å². The first-order valence-corrected chi connectivity index (χ1v) is 6.47. The Balaban J connectivity index is 2.04. The Morgan fingerprint density at radius 3 is 2.67 bits per heavy atom. The minimum atomic E-state index is 0.374. The van der Waals surface area contributed by atoms with Gasteiger partial charge in [-0.3, -0.25) is 5.10 Å². The van der Waals surface area contributed by atoms with Gasteiger partial charge in [0.25, 0.3) is 0 Å². The van der Waals surface area contributed by atoms with Crippen LogP contribution in [0.3, 0.4) is 0 Å². The lowest BCUT2D eigenvalue weighted by atomic mass is 9.75. The molecule has 3 nitrogen and oxygen atoms in total. The van der Waals surface area contributed by atoms with Gasteiger partial charge in [0.05, 0.1) is 5.69 Å². The maximum atomic E-state index is 5.73. The van der Waals surface area contributed by atoms with Crippen LogP contribution in [0.2, 0.25) is 0 Å². The largest absolute Gasteiger partial charge is 0.399 e. The molecule has 0 unspecified atom stereocenters. The van der Waals surface area contributed by atoms with Crippen molar-refractivity contribution in [2.24, 2.45) is 5.41 Å². The van der Waals surface area contributed by atoms with E-state index in [-0.39, 0.29) is 0 Å². The number of fused-ring (bicyclic) bond motifs is 1. The highest BCUT2D eigenvalue weighted by molar-refractivity contribution is 5.66. The number of nitrogens with one attached hydrogen (secondary N) is 1. The van der Waals surface area contributed by atoms with Gasteiger partial charge in [-0.05, 0) is 36.8 Å². The van der Waals surface area contributed by atoms with Crippen LogP contribution in [-0.4, -0.2) is 10.2 Å². The average molecular weight is 241 g/mol. The maximum Gasteiger partial charge on any atom is 0.0955 e. The smallest absolute Gasteiger partial charge is 0.0955 e. The number of aromatic amines is 1. The molecular weight excluding hydrogens is 222 g/mol. The van der Waals surface area contributed by atoms with Crippen molar-refractivity contribution in [3.63, 3.8) is 0 Å². The van der Waals surface area contributed by atoms with E-state index in [1.807, 2.05) is 24.3 Å². The molecule has 3 N–H and O–H groups in total. The molecule has 2 aromatic rings. The van der Waals surface area contributed by atoms with Gasteiger partial charge in [0.2, 0.25) is 0 Å². The number of aromatic nitrogens is 2. The first-order valence-electron chi connectivity index (χ1n) is 6.47. The van der Waals surface area contributed by atoms with Gasteiger partial charge in [-0.15, -0.1) is 0 Å². The van der Waals surface area contributed by atoms with Crippen LogP contribution in [0, 0.1) is 5.41 Å². The summed E-state index contributed by atoms with van der Waals surface area (Å²) in [6.07, 6.45) is 3.42. The second kappa shape index (κ2) is 3.87. The molecule has 94 valence electrons. The van der Waals surface area contributed by atoms with Gasteiger partial charge >= 0.3 is 0 Å². The lowest BCUT2D eigenvalue weighted by Gasteiger charge is -2.29. The van der Waals surface area contributed by atoms with Gasteiger partial charge in [0, 0.05) is 22.5 Å². The normalized spacial score (nSPS) is 17.4. The van der Waals surface area contributed by atoms with E-state index in [1.54, 1.807) is 0 Å². The van der Waals surface area contributed by atoms with E-state index in [9.17, 15) is 0 Å². The zero-order chi connectivity index (χ0) is 12.8. The molecule has 18 heavy (non-hydrogen) atoms. The monoisotopic (exact) mass is 241 g/mol. The van der Waals surface area contributed by atoms with Crippen molar-refractivity contribution in [1.29, 1.82) is 0 Å². The third-order valence-electron chi connectivity index (χ3n) is 3.84. The van der Waals surface area contributed by atoms with Gasteiger partial charge < -0.3 is 5.73 Å². The van der Waals surface area contributed by atoms with Crippen LogP contribution in [0.15, 0.2) is 24.3 Å². The summed E-state index contributed by atoms with van der Waals surface area (Å²) in [5, 5.41) is 7.69. The van der Waals surface area contributed by atoms with Crippen LogP contribution in [-0.2, 0) is 12.8 Å². The molecule has 1 aromatic carbocycles. The molecule has 0 amide bonds. The second-order valence-corrected chi connectivity index (χ2v) is 5.99. The van der Waals surface area contributed by atoms with Gasteiger partial charge in [-0.25, -0.2) is 0 Å². The predicted octanol–water partition coefficient (Wildman–Crippen LogP) is 3.17. The number of anilines is 1. The first-order chi connectivity index (χ1) is 8.55. The fourth-order valence-corrected chi connectivity index (χ4v) is 2.71. The molecule has 0 fully saturated rings. The van der Waals surface area contributed by atoms with Gasteiger partial charge in [0.1, 0.15) is 0 Å². The summed E-state index contributed by atoms with van der Waals surface area (Å²) in [5.74, 6) is 0. The van der Waals surface area contributed by atoms with Crippen LogP contribution >= 0.6 is 0 Å². The number of rotatable bonds is 1. The Labute approximate surface area is 107 Å². The maximum absolute atomic E-state index is 5.73. The van der Waals surface area contributed by atoms with E-state index in [4.69, 9.17) is 5.73 Å². The quantitative estimate of drug-likeness (QED) is 0.753. The zero-order valence-electron chi connectivity index (χ0n) is 11.0. The van der Waals surface area contributed by atoms with E-state index in [2.05, 4.69) is 24.0 Å². The Morgan fingerprint density at radius 1 is 1.22 bits per heavy atom. The number of nitrogens with zero attached hydrogens (tertiary/aromatic N) is 1. The van der Waals surface area contributed by atoms with Crippen molar-refractivity contribution in [3.05, 3.63) is 35.5 Å². The molecule has 0 bridgehead atoms. The number of H-pyrrole nitrogens is 1. The molecule has 1 aliphatic carbocycles. The fourth-order valence-electron chi connectivity index (χ4n) is 2.71. The molecule has 1 heterocycles. The summed E-state index contributed by atoms with van der Waals surface area (Å²) >= 11 is 0. The molecule has 0 radical (unpaired) electrons.